The second-order valence-electron chi connectivity index (χ2n) is 7.19. The molecule has 0 saturated carbocycles. The van der Waals surface area contributed by atoms with Crippen molar-refractivity contribution >= 4 is 29.8 Å². The van der Waals surface area contributed by atoms with Crippen molar-refractivity contribution < 1.29 is 29.1 Å². The molecule has 11 heteroatoms. The molecule has 3 N–H and O–H groups in total. The van der Waals surface area contributed by atoms with Gasteiger partial charge in [0.25, 0.3) is 17.5 Å². The van der Waals surface area contributed by atoms with E-state index < -0.39 is 16.7 Å². The molecule has 11 nitrogen and oxygen atoms in total. The highest BCUT2D eigenvalue weighted by Gasteiger charge is 2.16. The van der Waals surface area contributed by atoms with Gasteiger partial charge in [-0.15, -0.1) is 0 Å². The van der Waals surface area contributed by atoms with Gasteiger partial charge in [-0.3, -0.25) is 19.7 Å². The number of ether oxygens (including phenoxy) is 2. The number of phenolic OH excluding ortho intramolecular Hbond substituents is 1. The molecule has 0 aliphatic heterocycles. The van der Waals surface area contributed by atoms with Gasteiger partial charge in [0.05, 0.1) is 30.9 Å². The second-order valence-corrected chi connectivity index (χ2v) is 7.19. The Morgan fingerprint density at radius 3 is 2.39 bits per heavy atom. The standard InChI is InChI=1S/C25H22N4O7/c1-35-22-11-8-16(13-23(22)36-2)12-20(27-24(31)17-6-4-3-5-7-17)25(32)28-26-15-18-14-19(30)9-10-21(18)29(33)34/h3-15,30H,1-2H3,(H,27,31)(H,28,32)/b20-12-,26-15?. The Kier molecular flexibility index (Phi) is 8.33. The summed E-state index contributed by atoms with van der Waals surface area (Å²) in [7, 11) is 2.95. The monoisotopic (exact) mass is 490 g/mol. The number of hydrazone groups is 1. The van der Waals surface area contributed by atoms with Crippen molar-refractivity contribution in [2.75, 3.05) is 14.2 Å². The maximum absolute atomic E-state index is 12.9. The van der Waals surface area contributed by atoms with Gasteiger partial charge in [-0.25, -0.2) is 5.43 Å². The summed E-state index contributed by atoms with van der Waals surface area (Å²) in [4.78, 5) is 36.2. The van der Waals surface area contributed by atoms with Gasteiger partial charge in [0.2, 0.25) is 0 Å². The third-order valence-corrected chi connectivity index (χ3v) is 4.82. The number of nitrogens with zero attached hydrogens (tertiary/aromatic N) is 2. The highest BCUT2D eigenvalue weighted by atomic mass is 16.6. The zero-order chi connectivity index (χ0) is 26.1. The van der Waals surface area contributed by atoms with Crippen molar-refractivity contribution in [3.63, 3.8) is 0 Å². The molecule has 184 valence electrons. The molecule has 36 heavy (non-hydrogen) atoms. The van der Waals surface area contributed by atoms with Crippen LogP contribution in [-0.4, -0.2) is 42.3 Å². The largest absolute Gasteiger partial charge is 0.508 e. The fourth-order valence-electron chi connectivity index (χ4n) is 3.08. The van der Waals surface area contributed by atoms with Crippen LogP contribution >= 0.6 is 0 Å². The molecule has 3 aromatic rings. The molecule has 2 amide bonds. The van der Waals surface area contributed by atoms with Crippen LogP contribution in [0.4, 0.5) is 5.69 Å². The van der Waals surface area contributed by atoms with Crippen LogP contribution in [-0.2, 0) is 4.79 Å². The molecular weight excluding hydrogens is 468 g/mol. The van der Waals surface area contributed by atoms with E-state index in [1.54, 1.807) is 48.5 Å². The van der Waals surface area contributed by atoms with Crippen LogP contribution in [0.1, 0.15) is 21.5 Å². The minimum Gasteiger partial charge on any atom is -0.508 e. The molecule has 0 atom stereocenters. The van der Waals surface area contributed by atoms with Gasteiger partial charge in [0.15, 0.2) is 11.5 Å². The van der Waals surface area contributed by atoms with Crippen LogP contribution in [0.5, 0.6) is 17.2 Å². The van der Waals surface area contributed by atoms with Gasteiger partial charge >= 0.3 is 0 Å². The highest BCUT2D eigenvalue weighted by Crippen LogP contribution is 2.28. The molecule has 0 radical (unpaired) electrons. The normalized spacial score (nSPS) is 11.1. The number of nitrogens with one attached hydrogen (secondary N) is 2. The average Bonchev–Trinajstić information content (AvgIpc) is 2.88. The van der Waals surface area contributed by atoms with Crippen LogP contribution in [0, 0.1) is 10.1 Å². The van der Waals surface area contributed by atoms with Crippen LogP contribution in [0.15, 0.2) is 77.5 Å². The zero-order valence-electron chi connectivity index (χ0n) is 19.3. The predicted octanol–water partition coefficient (Wildman–Crippen LogP) is 3.24. The molecule has 3 aromatic carbocycles. The quantitative estimate of drug-likeness (QED) is 0.180. The van der Waals surface area contributed by atoms with Crippen LogP contribution in [0.3, 0.4) is 0 Å². The third kappa shape index (κ3) is 6.44. The zero-order valence-corrected chi connectivity index (χ0v) is 19.3. The van der Waals surface area contributed by atoms with Crippen molar-refractivity contribution in [2.24, 2.45) is 5.10 Å². The number of benzene rings is 3. The smallest absolute Gasteiger partial charge is 0.287 e. The predicted molar refractivity (Wildman–Crippen MR) is 132 cm³/mol. The lowest BCUT2D eigenvalue weighted by Crippen LogP contribution is -2.32. The van der Waals surface area contributed by atoms with E-state index >= 15 is 0 Å². The molecule has 0 saturated heterocycles. The van der Waals surface area contributed by atoms with Crippen molar-refractivity contribution in [3.05, 3.63) is 99.2 Å². The lowest BCUT2D eigenvalue weighted by molar-refractivity contribution is -0.385. The molecule has 0 aliphatic carbocycles. The first-order chi connectivity index (χ1) is 17.3. The number of aromatic hydroxyl groups is 1. The van der Waals surface area contributed by atoms with E-state index in [2.05, 4.69) is 15.8 Å². The molecular formula is C25H22N4O7. The van der Waals surface area contributed by atoms with Gasteiger partial charge in [0, 0.05) is 11.6 Å². The number of nitro groups is 1. The summed E-state index contributed by atoms with van der Waals surface area (Å²) in [5, 5.41) is 27.1. The molecule has 0 fully saturated rings. The maximum Gasteiger partial charge on any atom is 0.287 e. The summed E-state index contributed by atoms with van der Waals surface area (Å²) in [5.41, 5.74) is 2.57. The van der Waals surface area contributed by atoms with Crippen LogP contribution in [0.2, 0.25) is 0 Å². The molecule has 0 unspecified atom stereocenters. The number of methoxy groups -OCH3 is 2. The molecule has 0 spiro atoms. The summed E-state index contributed by atoms with van der Waals surface area (Å²) in [6.45, 7) is 0. The van der Waals surface area contributed by atoms with E-state index in [0.717, 1.165) is 24.4 Å². The molecule has 0 aliphatic rings. The van der Waals surface area contributed by atoms with Gasteiger partial charge in [0.1, 0.15) is 11.4 Å². The first kappa shape index (κ1) is 25.4. The van der Waals surface area contributed by atoms with Gasteiger partial charge < -0.3 is 19.9 Å². The number of rotatable bonds is 9. The number of carbonyl (C=O) groups excluding carboxylic acids is 2. The van der Waals surface area contributed by atoms with E-state index in [4.69, 9.17) is 9.47 Å². The Bertz CT molecular complexity index is 1340. The topological polar surface area (TPSA) is 152 Å². The Balaban J connectivity index is 1.90. The Hall–Kier alpha value is -5.19. The van der Waals surface area contributed by atoms with Crippen molar-refractivity contribution in [1.29, 1.82) is 0 Å². The van der Waals surface area contributed by atoms with Crippen LogP contribution in [0.25, 0.3) is 6.08 Å². The number of nitro benzene ring substituents is 1. The minimum atomic E-state index is -0.798. The van der Waals surface area contributed by atoms with E-state index in [-0.39, 0.29) is 22.7 Å². The summed E-state index contributed by atoms with van der Waals surface area (Å²) >= 11 is 0. The average molecular weight is 490 g/mol. The molecule has 3 rings (SSSR count). The number of carbonyl (C=O) groups is 2. The van der Waals surface area contributed by atoms with Crippen LogP contribution < -0.4 is 20.2 Å². The van der Waals surface area contributed by atoms with E-state index in [0.29, 0.717) is 22.6 Å². The van der Waals surface area contributed by atoms with E-state index in [1.165, 1.54) is 20.3 Å². The molecule has 0 aromatic heterocycles. The molecule has 0 heterocycles. The number of amides is 2. The SMILES string of the molecule is COc1ccc(/C=C(\NC(=O)c2ccccc2)C(=O)NN=Cc2cc(O)ccc2[N+](=O)[O-])cc1OC. The number of hydrogen-bond acceptors (Lipinski definition) is 8. The summed E-state index contributed by atoms with van der Waals surface area (Å²) in [6.07, 6.45) is 2.42. The van der Waals surface area contributed by atoms with Crippen molar-refractivity contribution in [3.8, 4) is 17.2 Å². The van der Waals surface area contributed by atoms with Crippen molar-refractivity contribution in [2.45, 2.75) is 0 Å². The minimum absolute atomic E-state index is 0.0287. The Labute approximate surface area is 205 Å². The van der Waals surface area contributed by atoms with Gasteiger partial charge in [-0.05, 0) is 48.0 Å². The van der Waals surface area contributed by atoms with Gasteiger partial charge in [-0.1, -0.05) is 24.3 Å². The number of phenols is 1. The maximum atomic E-state index is 12.9. The van der Waals surface area contributed by atoms with Crippen molar-refractivity contribution in [1.82, 2.24) is 10.7 Å². The highest BCUT2D eigenvalue weighted by molar-refractivity contribution is 6.05. The second kappa shape index (κ2) is 11.8. The lowest BCUT2D eigenvalue weighted by atomic mass is 10.1. The molecule has 0 bridgehead atoms. The number of hydrogen-bond donors (Lipinski definition) is 3. The first-order valence-electron chi connectivity index (χ1n) is 10.4. The third-order valence-electron chi connectivity index (χ3n) is 4.82. The fraction of sp³-hybridized carbons (Fsp3) is 0.0800. The summed E-state index contributed by atoms with van der Waals surface area (Å²) in [5.74, 6) is -0.656. The Morgan fingerprint density at radius 1 is 1.00 bits per heavy atom. The van der Waals surface area contributed by atoms with E-state index in [1.807, 2.05) is 0 Å². The first-order valence-corrected chi connectivity index (χ1v) is 10.4. The lowest BCUT2D eigenvalue weighted by Gasteiger charge is -2.11. The van der Waals surface area contributed by atoms with Gasteiger partial charge in [-0.2, -0.15) is 5.10 Å². The fourth-order valence-corrected chi connectivity index (χ4v) is 3.08. The van der Waals surface area contributed by atoms with E-state index in [9.17, 15) is 24.8 Å². The summed E-state index contributed by atoms with van der Waals surface area (Å²) in [6, 6.07) is 16.6. The summed E-state index contributed by atoms with van der Waals surface area (Å²) < 4.78 is 10.5. The Morgan fingerprint density at radius 2 is 1.72 bits per heavy atom.